The highest BCUT2D eigenvalue weighted by Crippen LogP contribution is 2.32. The molecule has 94 valence electrons. The van der Waals surface area contributed by atoms with E-state index in [4.69, 9.17) is 5.11 Å². The number of carbonyl (C=O) groups is 1. The number of hydrogen-bond donors (Lipinski definition) is 2. The van der Waals surface area contributed by atoms with Crippen LogP contribution in [-0.4, -0.2) is 22.1 Å². The zero-order chi connectivity index (χ0) is 12.4. The van der Waals surface area contributed by atoms with Crippen LogP contribution < -0.4 is 5.32 Å². The van der Waals surface area contributed by atoms with Crippen molar-refractivity contribution in [2.24, 2.45) is 11.8 Å². The van der Waals surface area contributed by atoms with Crippen LogP contribution in [0.15, 0.2) is 5.38 Å². The zero-order valence-corrected chi connectivity index (χ0v) is 11.0. The third-order valence-corrected chi connectivity index (χ3v) is 4.51. The standard InChI is InChI=1S/C12H18N2O2S/c1-7-4-3-5-9(8(7)2)13-12-14-10(6-17-12)11(15)16/h6-9H,3-5H2,1-2H3,(H,13,14)(H,15,16). The predicted molar refractivity (Wildman–Crippen MR) is 68.7 cm³/mol. The molecule has 3 atom stereocenters. The maximum absolute atomic E-state index is 10.7. The van der Waals surface area contributed by atoms with Gasteiger partial charge in [0, 0.05) is 11.4 Å². The summed E-state index contributed by atoms with van der Waals surface area (Å²) in [4.78, 5) is 14.8. The first-order valence-electron chi connectivity index (χ1n) is 6.03. The van der Waals surface area contributed by atoms with E-state index in [0.717, 1.165) is 17.5 Å². The largest absolute Gasteiger partial charge is 0.476 e. The van der Waals surface area contributed by atoms with Crippen LogP contribution in [0.2, 0.25) is 0 Å². The van der Waals surface area contributed by atoms with Gasteiger partial charge in [-0.1, -0.05) is 26.7 Å². The molecule has 0 aliphatic heterocycles. The van der Waals surface area contributed by atoms with Gasteiger partial charge in [0.05, 0.1) is 0 Å². The predicted octanol–water partition coefficient (Wildman–Crippen LogP) is 3.08. The molecule has 1 fully saturated rings. The highest BCUT2D eigenvalue weighted by atomic mass is 32.1. The number of rotatable bonds is 3. The average Bonchev–Trinajstić information content (AvgIpc) is 2.73. The van der Waals surface area contributed by atoms with E-state index in [1.165, 1.54) is 24.2 Å². The van der Waals surface area contributed by atoms with Crippen molar-refractivity contribution in [3.63, 3.8) is 0 Å². The number of nitrogens with zero attached hydrogens (tertiary/aromatic N) is 1. The quantitative estimate of drug-likeness (QED) is 0.870. The summed E-state index contributed by atoms with van der Waals surface area (Å²) >= 11 is 1.37. The first-order valence-corrected chi connectivity index (χ1v) is 6.91. The van der Waals surface area contributed by atoms with Crippen molar-refractivity contribution in [3.8, 4) is 0 Å². The van der Waals surface area contributed by atoms with Gasteiger partial charge in [0.25, 0.3) is 0 Å². The average molecular weight is 254 g/mol. The van der Waals surface area contributed by atoms with Gasteiger partial charge in [-0.25, -0.2) is 9.78 Å². The fourth-order valence-electron chi connectivity index (χ4n) is 2.38. The topological polar surface area (TPSA) is 62.2 Å². The van der Waals surface area contributed by atoms with Crippen LogP contribution in [0.25, 0.3) is 0 Å². The number of anilines is 1. The van der Waals surface area contributed by atoms with Gasteiger partial charge in [0.1, 0.15) is 0 Å². The number of aromatic nitrogens is 1. The van der Waals surface area contributed by atoms with E-state index in [0.29, 0.717) is 12.0 Å². The van der Waals surface area contributed by atoms with Crippen LogP contribution in [-0.2, 0) is 0 Å². The van der Waals surface area contributed by atoms with Gasteiger partial charge in [-0.3, -0.25) is 0 Å². The van der Waals surface area contributed by atoms with Gasteiger partial charge in [-0.15, -0.1) is 11.3 Å². The van der Waals surface area contributed by atoms with Crippen molar-refractivity contribution in [2.45, 2.75) is 39.2 Å². The number of nitrogens with one attached hydrogen (secondary N) is 1. The molecule has 17 heavy (non-hydrogen) atoms. The summed E-state index contributed by atoms with van der Waals surface area (Å²) < 4.78 is 0. The van der Waals surface area contributed by atoms with Crippen LogP contribution in [0.5, 0.6) is 0 Å². The molecular formula is C12H18N2O2S. The summed E-state index contributed by atoms with van der Waals surface area (Å²) in [6.45, 7) is 4.54. The second kappa shape index (κ2) is 5.04. The molecule has 1 heterocycles. The van der Waals surface area contributed by atoms with Crippen LogP contribution in [0, 0.1) is 11.8 Å². The number of carboxylic acid groups (broad SMARTS) is 1. The molecule has 0 radical (unpaired) electrons. The number of thiazole rings is 1. The van der Waals surface area contributed by atoms with Crippen LogP contribution in [0.3, 0.4) is 0 Å². The van der Waals surface area contributed by atoms with E-state index >= 15 is 0 Å². The van der Waals surface area contributed by atoms with Crippen LogP contribution in [0.1, 0.15) is 43.6 Å². The minimum absolute atomic E-state index is 0.133. The highest BCUT2D eigenvalue weighted by Gasteiger charge is 2.27. The smallest absolute Gasteiger partial charge is 0.355 e. The first-order chi connectivity index (χ1) is 8.08. The van der Waals surface area contributed by atoms with Crippen molar-refractivity contribution < 1.29 is 9.90 Å². The van der Waals surface area contributed by atoms with Gasteiger partial charge in [-0.05, 0) is 18.3 Å². The van der Waals surface area contributed by atoms with Gasteiger partial charge < -0.3 is 10.4 Å². The molecule has 0 saturated heterocycles. The first kappa shape index (κ1) is 12.4. The Kier molecular flexibility index (Phi) is 3.66. The van der Waals surface area contributed by atoms with Crippen molar-refractivity contribution in [1.29, 1.82) is 0 Å². The van der Waals surface area contributed by atoms with Crippen molar-refractivity contribution in [2.75, 3.05) is 5.32 Å². The molecule has 3 unspecified atom stereocenters. The Morgan fingerprint density at radius 2 is 2.29 bits per heavy atom. The molecule has 0 amide bonds. The molecular weight excluding hydrogens is 236 g/mol. The Morgan fingerprint density at radius 3 is 2.94 bits per heavy atom. The van der Waals surface area contributed by atoms with E-state index in [1.807, 2.05) is 0 Å². The second-order valence-corrected chi connectivity index (χ2v) is 5.72. The molecule has 0 spiro atoms. The van der Waals surface area contributed by atoms with Gasteiger partial charge in [0.15, 0.2) is 10.8 Å². The Bertz CT molecular complexity index is 405. The minimum Gasteiger partial charge on any atom is -0.476 e. The molecule has 1 aromatic heterocycles. The van der Waals surface area contributed by atoms with Gasteiger partial charge in [0.2, 0.25) is 0 Å². The third-order valence-electron chi connectivity index (χ3n) is 3.74. The van der Waals surface area contributed by atoms with Gasteiger partial charge >= 0.3 is 5.97 Å². The minimum atomic E-state index is -0.959. The number of aromatic carboxylic acids is 1. The molecule has 0 aromatic carbocycles. The zero-order valence-electron chi connectivity index (χ0n) is 10.1. The van der Waals surface area contributed by atoms with Crippen molar-refractivity contribution in [1.82, 2.24) is 4.98 Å². The third kappa shape index (κ3) is 2.77. The summed E-state index contributed by atoms with van der Waals surface area (Å²) in [5.74, 6) is 0.375. The van der Waals surface area contributed by atoms with Gasteiger partial charge in [-0.2, -0.15) is 0 Å². The van der Waals surface area contributed by atoms with Crippen molar-refractivity contribution >= 4 is 22.4 Å². The molecule has 1 aromatic rings. The lowest BCUT2D eigenvalue weighted by molar-refractivity contribution is 0.0691. The summed E-state index contributed by atoms with van der Waals surface area (Å²) in [6.07, 6.45) is 3.67. The Balaban J connectivity index is 2.01. The van der Waals surface area contributed by atoms with Crippen LogP contribution in [0.4, 0.5) is 5.13 Å². The molecule has 1 aliphatic rings. The van der Waals surface area contributed by atoms with Crippen LogP contribution >= 0.6 is 11.3 Å². The van der Waals surface area contributed by atoms with E-state index in [-0.39, 0.29) is 5.69 Å². The maximum atomic E-state index is 10.7. The summed E-state index contributed by atoms with van der Waals surface area (Å²) in [5, 5.41) is 14.5. The molecule has 2 N–H and O–H groups in total. The Labute approximate surface area is 105 Å². The molecule has 4 nitrogen and oxygen atoms in total. The summed E-state index contributed by atoms with van der Waals surface area (Å²) in [5.41, 5.74) is 0.133. The number of carboxylic acids is 1. The molecule has 0 bridgehead atoms. The SMILES string of the molecule is CC1CCCC(Nc2nc(C(=O)O)cs2)C1C. The van der Waals surface area contributed by atoms with E-state index < -0.39 is 5.97 Å². The van der Waals surface area contributed by atoms with E-state index in [1.54, 1.807) is 5.38 Å². The molecule has 1 aliphatic carbocycles. The Hall–Kier alpha value is -1.10. The summed E-state index contributed by atoms with van der Waals surface area (Å²) in [7, 11) is 0. The lowest BCUT2D eigenvalue weighted by Gasteiger charge is -2.34. The second-order valence-electron chi connectivity index (χ2n) is 4.86. The molecule has 2 rings (SSSR count). The lowest BCUT2D eigenvalue weighted by Crippen LogP contribution is -2.34. The van der Waals surface area contributed by atoms with E-state index in [2.05, 4.69) is 24.1 Å². The lowest BCUT2D eigenvalue weighted by atomic mass is 9.78. The highest BCUT2D eigenvalue weighted by molar-refractivity contribution is 7.13. The molecule has 1 saturated carbocycles. The van der Waals surface area contributed by atoms with Crippen molar-refractivity contribution in [3.05, 3.63) is 11.1 Å². The fraction of sp³-hybridized carbons (Fsp3) is 0.667. The normalized spacial score (nSPS) is 28.9. The monoisotopic (exact) mass is 254 g/mol. The molecule has 5 heteroatoms. The Morgan fingerprint density at radius 1 is 1.53 bits per heavy atom. The van der Waals surface area contributed by atoms with E-state index in [9.17, 15) is 4.79 Å². The fourth-order valence-corrected chi connectivity index (χ4v) is 3.13. The maximum Gasteiger partial charge on any atom is 0.355 e. The number of hydrogen-bond acceptors (Lipinski definition) is 4. The summed E-state index contributed by atoms with van der Waals surface area (Å²) in [6, 6.07) is 0.423.